The van der Waals surface area contributed by atoms with Crippen LogP contribution in [0.4, 0.5) is 13.2 Å². The van der Waals surface area contributed by atoms with E-state index in [1.165, 1.54) is 4.57 Å². The van der Waals surface area contributed by atoms with Crippen molar-refractivity contribution in [2.75, 3.05) is 0 Å². The number of hydrogen-bond donors (Lipinski definition) is 0. The van der Waals surface area contributed by atoms with Crippen LogP contribution in [0.15, 0.2) is 49.1 Å². The molecule has 0 atom stereocenters. The minimum atomic E-state index is -4.48. The first-order valence-corrected chi connectivity index (χ1v) is 5.51. The van der Waals surface area contributed by atoms with Gasteiger partial charge in [0, 0.05) is 12.4 Å². The minimum Gasteiger partial charge on any atom is -0.301 e. The molecule has 3 aromatic rings. The Labute approximate surface area is 106 Å². The van der Waals surface area contributed by atoms with Crippen LogP contribution in [-0.4, -0.2) is 14.5 Å². The number of alkyl halides is 3. The minimum absolute atomic E-state index is 0.163. The van der Waals surface area contributed by atoms with Gasteiger partial charge in [0.1, 0.15) is 11.9 Å². The van der Waals surface area contributed by atoms with Gasteiger partial charge in [-0.3, -0.25) is 0 Å². The van der Waals surface area contributed by atoms with Crippen LogP contribution in [-0.2, 0) is 6.18 Å². The van der Waals surface area contributed by atoms with Crippen LogP contribution < -0.4 is 0 Å². The van der Waals surface area contributed by atoms with Crippen LogP contribution in [0.2, 0.25) is 0 Å². The van der Waals surface area contributed by atoms with Crippen molar-refractivity contribution in [2.45, 2.75) is 6.18 Å². The van der Waals surface area contributed by atoms with Gasteiger partial charge < -0.3 is 4.57 Å². The van der Waals surface area contributed by atoms with Crippen molar-refractivity contribution in [3.05, 3.63) is 54.6 Å². The van der Waals surface area contributed by atoms with Crippen molar-refractivity contribution in [3.8, 4) is 5.82 Å². The molecular formula is C13H8F3N3. The highest BCUT2D eigenvalue weighted by Gasteiger charge is 2.35. The average molecular weight is 263 g/mol. The Morgan fingerprint density at radius 3 is 2.63 bits per heavy atom. The summed E-state index contributed by atoms with van der Waals surface area (Å²) in [5.74, 6) is -0.163. The molecule has 2 aromatic heterocycles. The number of aromatic nitrogens is 3. The molecule has 0 aliphatic carbocycles. The summed E-state index contributed by atoms with van der Waals surface area (Å²) in [4.78, 5) is 7.23. The summed E-state index contributed by atoms with van der Waals surface area (Å²) in [7, 11) is 0. The van der Waals surface area contributed by atoms with Crippen LogP contribution in [0.5, 0.6) is 0 Å². The monoisotopic (exact) mass is 263 g/mol. The number of nitrogens with zero attached hydrogens (tertiary/aromatic N) is 3. The fourth-order valence-corrected chi connectivity index (χ4v) is 1.98. The quantitative estimate of drug-likeness (QED) is 0.673. The Bertz CT molecular complexity index is 731. The summed E-state index contributed by atoms with van der Waals surface area (Å²) >= 11 is 0. The van der Waals surface area contributed by atoms with E-state index in [1.54, 1.807) is 24.4 Å². The van der Waals surface area contributed by atoms with Gasteiger partial charge in [-0.25, -0.2) is 9.97 Å². The Hall–Kier alpha value is -2.37. The molecule has 0 amide bonds. The van der Waals surface area contributed by atoms with Crippen molar-refractivity contribution < 1.29 is 13.2 Å². The summed E-state index contributed by atoms with van der Waals surface area (Å²) in [6.07, 6.45) is -1.01. The number of hydrogen-bond acceptors (Lipinski definition) is 2. The lowest BCUT2D eigenvalue weighted by molar-refractivity contribution is -0.137. The summed E-state index contributed by atoms with van der Waals surface area (Å²) < 4.78 is 40.3. The SMILES string of the molecule is FC(F)(F)c1cncnc1-n1ccc2ccccc21. The number of benzene rings is 1. The van der Waals surface area contributed by atoms with Crippen LogP contribution in [0.1, 0.15) is 5.56 Å². The maximum atomic E-state index is 12.9. The highest BCUT2D eigenvalue weighted by atomic mass is 19.4. The highest BCUT2D eigenvalue weighted by molar-refractivity contribution is 5.81. The smallest absolute Gasteiger partial charge is 0.301 e. The first-order chi connectivity index (χ1) is 9.07. The van der Waals surface area contributed by atoms with Gasteiger partial charge >= 0.3 is 6.18 Å². The lowest BCUT2D eigenvalue weighted by atomic mass is 10.2. The van der Waals surface area contributed by atoms with E-state index in [4.69, 9.17) is 0 Å². The molecule has 96 valence electrons. The molecule has 19 heavy (non-hydrogen) atoms. The lowest BCUT2D eigenvalue weighted by Gasteiger charge is -2.12. The van der Waals surface area contributed by atoms with Gasteiger partial charge in [0.05, 0.1) is 5.52 Å². The van der Waals surface area contributed by atoms with Gasteiger partial charge in [0.15, 0.2) is 5.82 Å². The van der Waals surface area contributed by atoms with Gasteiger partial charge in [-0.1, -0.05) is 18.2 Å². The zero-order chi connectivity index (χ0) is 13.5. The molecule has 0 aliphatic rings. The third kappa shape index (κ3) is 1.95. The van der Waals surface area contributed by atoms with Gasteiger partial charge in [0.2, 0.25) is 0 Å². The van der Waals surface area contributed by atoms with E-state index in [-0.39, 0.29) is 5.82 Å². The van der Waals surface area contributed by atoms with E-state index in [1.807, 2.05) is 12.1 Å². The second-order valence-electron chi connectivity index (χ2n) is 4.00. The van der Waals surface area contributed by atoms with E-state index in [9.17, 15) is 13.2 Å². The van der Waals surface area contributed by atoms with E-state index >= 15 is 0 Å². The Morgan fingerprint density at radius 2 is 1.84 bits per heavy atom. The predicted octanol–water partition coefficient (Wildman–Crippen LogP) is 3.44. The first-order valence-electron chi connectivity index (χ1n) is 5.51. The molecule has 2 heterocycles. The zero-order valence-electron chi connectivity index (χ0n) is 9.59. The Morgan fingerprint density at radius 1 is 1.05 bits per heavy atom. The Balaban J connectivity index is 2.28. The average Bonchev–Trinajstić information content (AvgIpc) is 2.81. The fraction of sp³-hybridized carbons (Fsp3) is 0.0769. The molecule has 0 N–H and O–H groups in total. The summed E-state index contributed by atoms with van der Waals surface area (Å²) in [6.45, 7) is 0. The first kappa shape index (κ1) is 11.7. The van der Waals surface area contributed by atoms with Crippen LogP contribution >= 0.6 is 0 Å². The molecule has 1 aromatic carbocycles. The van der Waals surface area contributed by atoms with Crippen molar-refractivity contribution >= 4 is 10.9 Å². The molecule has 6 heteroatoms. The molecule has 0 unspecified atom stereocenters. The van der Waals surface area contributed by atoms with Crippen molar-refractivity contribution in [1.82, 2.24) is 14.5 Å². The van der Waals surface area contributed by atoms with E-state index in [2.05, 4.69) is 9.97 Å². The number of para-hydroxylation sites is 1. The van der Waals surface area contributed by atoms with Crippen molar-refractivity contribution in [2.24, 2.45) is 0 Å². The second kappa shape index (κ2) is 4.08. The molecular weight excluding hydrogens is 255 g/mol. The van der Waals surface area contributed by atoms with Crippen LogP contribution in [0, 0.1) is 0 Å². The van der Waals surface area contributed by atoms with E-state index in [0.29, 0.717) is 5.52 Å². The largest absolute Gasteiger partial charge is 0.421 e. The third-order valence-corrected chi connectivity index (χ3v) is 2.82. The molecule has 0 radical (unpaired) electrons. The molecule has 3 nitrogen and oxygen atoms in total. The summed E-state index contributed by atoms with van der Waals surface area (Å²) in [5.41, 5.74) is -0.178. The van der Waals surface area contributed by atoms with Crippen LogP contribution in [0.25, 0.3) is 16.7 Å². The number of halogens is 3. The van der Waals surface area contributed by atoms with Gasteiger partial charge in [-0.05, 0) is 17.5 Å². The van der Waals surface area contributed by atoms with Crippen molar-refractivity contribution in [1.29, 1.82) is 0 Å². The molecule has 0 aliphatic heterocycles. The molecule has 0 spiro atoms. The molecule has 0 bridgehead atoms. The standard InChI is InChI=1S/C13H8F3N3/c14-13(15,16)10-7-17-8-18-12(10)19-6-5-9-3-1-2-4-11(9)19/h1-8H. The maximum absolute atomic E-state index is 12.9. The second-order valence-corrected chi connectivity index (χ2v) is 4.00. The zero-order valence-corrected chi connectivity index (χ0v) is 9.59. The van der Waals surface area contributed by atoms with E-state index in [0.717, 1.165) is 17.9 Å². The van der Waals surface area contributed by atoms with Crippen LogP contribution in [0.3, 0.4) is 0 Å². The fourth-order valence-electron chi connectivity index (χ4n) is 1.98. The maximum Gasteiger partial charge on any atom is 0.421 e. The van der Waals surface area contributed by atoms with Gasteiger partial charge in [-0.15, -0.1) is 0 Å². The number of fused-ring (bicyclic) bond motifs is 1. The summed E-state index contributed by atoms with van der Waals surface area (Å²) in [5, 5.41) is 0.856. The summed E-state index contributed by atoms with van der Waals surface area (Å²) in [6, 6.07) is 8.93. The molecule has 0 saturated heterocycles. The van der Waals surface area contributed by atoms with Crippen molar-refractivity contribution in [3.63, 3.8) is 0 Å². The topological polar surface area (TPSA) is 30.7 Å². The number of rotatable bonds is 1. The predicted molar refractivity (Wildman–Crippen MR) is 63.9 cm³/mol. The normalized spacial score (nSPS) is 11.9. The third-order valence-electron chi connectivity index (χ3n) is 2.82. The molecule has 0 fully saturated rings. The van der Waals surface area contributed by atoms with E-state index < -0.39 is 11.7 Å². The lowest BCUT2D eigenvalue weighted by Crippen LogP contribution is -2.12. The molecule has 3 rings (SSSR count). The highest BCUT2D eigenvalue weighted by Crippen LogP contribution is 2.33. The Kier molecular flexibility index (Phi) is 2.51. The molecule has 0 saturated carbocycles. The van der Waals surface area contributed by atoms with Gasteiger partial charge in [0.25, 0.3) is 0 Å². The van der Waals surface area contributed by atoms with Gasteiger partial charge in [-0.2, -0.15) is 13.2 Å².